The van der Waals surface area contributed by atoms with Gasteiger partial charge in [-0.1, -0.05) is 19.8 Å². The fourth-order valence-electron chi connectivity index (χ4n) is 3.59. The quantitative estimate of drug-likeness (QED) is 0.596. The number of benzene rings is 1. The lowest BCUT2D eigenvalue weighted by atomic mass is 10.2. The minimum absolute atomic E-state index is 0.0687. The molecule has 1 saturated heterocycles. The Hall–Kier alpha value is -1.90. The largest absolute Gasteiger partial charge is 0.379 e. The third-order valence-corrected chi connectivity index (χ3v) is 6.84. The number of sulfone groups is 1. The van der Waals surface area contributed by atoms with Crippen molar-refractivity contribution in [2.24, 2.45) is 0 Å². The van der Waals surface area contributed by atoms with Gasteiger partial charge in [0.1, 0.15) is 5.75 Å². The van der Waals surface area contributed by atoms with Gasteiger partial charge in [-0.3, -0.25) is 9.69 Å². The molecule has 1 aromatic heterocycles. The molecule has 0 spiro atoms. The Morgan fingerprint density at radius 1 is 1.14 bits per heavy atom. The van der Waals surface area contributed by atoms with Crippen LogP contribution in [-0.2, 0) is 25.9 Å². The highest BCUT2D eigenvalue weighted by atomic mass is 32.2. The van der Waals surface area contributed by atoms with Crippen LogP contribution in [0.5, 0.6) is 0 Å². The fraction of sp³-hybridized carbons (Fsp3) is 0.571. The Labute approximate surface area is 172 Å². The Bertz CT molecular complexity index is 917. The highest BCUT2D eigenvalue weighted by Crippen LogP contribution is 2.21. The molecule has 2 heterocycles. The number of rotatable bonds is 10. The van der Waals surface area contributed by atoms with Gasteiger partial charge in [-0.15, -0.1) is 0 Å². The molecule has 0 unspecified atom stereocenters. The maximum absolute atomic E-state index is 12.2. The van der Waals surface area contributed by atoms with Crippen molar-refractivity contribution in [2.45, 2.75) is 32.7 Å². The van der Waals surface area contributed by atoms with Gasteiger partial charge in [0.25, 0.3) is 0 Å². The Balaban J connectivity index is 1.56. The van der Waals surface area contributed by atoms with Crippen molar-refractivity contribution in [3.8, 4) is 0 Å². The Morgan fingerprint density at radius 3 is 2.69 bits per heavy atom. The van der Waals surface area contributed by atoms with Gasteiger partial charge in [0.05, 0.1) is 19.0 Å². The van der Waals surface area contributed by atoms with Crippen LogP contribution < -0.4 is 5.32 Å². The van der Waals surface area contributed by atoms with Crippen molar-refractivity contribution in [3.05, 3.63) is 30.5 Å². The summed E-state index contributed by atoms with van der Waals surface area (Å²) in [6, 6.07) is 7.71. The van der Waals surface area contributed by atoms with Gasteiger partial charge in [0.15, 0.2) is 9.84 Å². The molecule has 7 nitrogen and oxygen atoms in total. The second kappa shape index (κ2) is 10.2. The molecule has 0 atom stereocenters. The van der Waals surface area contributed by atoms with Crippen molar-refractivity contribution in [1.29, 1.82) is 0 Å². The number of aromatic nitrogens is 1. The first kappa shape index (κ1) is 21.8. The third kappa shape index (κ3) is 6.55. The molecule has 1 aliphatic rings. The van der Waals surface area contributed by atoms with E-state index in [0.717, 1.165) is 63.1 Å². The number of carbonyl (C=O) groups excluding carboxylic acids is 1. The number of morpholine rings is 1. The van der Waals surface area contributed by atoms with Crippen LogP contribution in [0.3, 0.4) is 0 Å². The lowest BCUT2D eigenvalue weighted by molar-refractivity contribution is -0.113. The van der Waals surface area contributed by atoms with E-state index in [1.165, 1.54) is 0 Å². The summed E-state index contributed by atoms with van der Waals surface area (Å²) in [4.78, 5) is 14.6. The van der Waals surface area contributed by atoms with E-state index in [4.69, 9.17) is 4.74 Å². The van der Waals surface area contributed by atoms with Crippen molar-refractivity contribution in [1.82, 2.24) is 9.47 Å². The van der Waals surface area contributed by atoms with Crippen molar-refractivity contribution < 1.29 is 17.9 Å². The highest BCUT2D eigenvalue weighted by molar-refractivity contribution is 7.92. The lowest BCUT2D eigenvalue weighted by Crippen LogP contribution is -2.38. The van der Waals surface area contributed by atoms with Crippen LogP contribution in [0.2, 0.25) is 0 Å². The Morgan fingerprint density at radius 2 is 1.93 bits per heavy atom. The monoisotopic (exact) mass is 421 g/mol. The van der Waals surface area contributed by atoms with E-state index in [1.54, 1.807) is 0 Å². The lowest BCUT2D eigenvalue weighted by Gasteiger charge is -2.26. The number of ether oxygens (including phenoxy) is 1. The third-order valence-electron chi connectivity index (χ3n) is 5.23. The summed E-state index contributed by atoms with van der Waals surface area (Å²) < 4.78 is 31.7. The number of hydrogen-bond donors (Lipinski definition) is 1. The van der Waals surface area contributed by atoms with Crippen LogP contribution in [0.15, 0.2) is 30.5 Å². The molecule has 0 aliphatic carbocycles. The first-order valence-corrected chi connectivity index (χ1v) is 12.2. The van der Waals surface area contributed by atoms with Gasteiger partial charge in [-0.2, -0.15) is 0 Å². The zero-order valence-corrected chi connectivity index (χ0v) is 17.9. The van der Waals surface area contributed by atoms with Crippen LogP contribution in [0.25, 0.3) is 10.9 Å². The normalized spacial score (nSPS) is 15.6. The molecule has 3 rings (SSSR count). The summed E-state index contributed by atoms with van der Waals surface area (Å²) in [5, 5.41) is 3.75. The first-order chi connectivity index (χ1) is 14.0. The standard InChI is InChI=1S/C21H31N3O4S/c1-2-3-4-15-29(26,27)17-21(25)22-19-5-6-20-18(16-19)7-8-24(20)10-9-23-11-13-28-14-12-23/h5-8,16H,2-4,9-15,17H2,1H3,(H,22,25). The topological polar surface area (TPSA) is 80.6 Å². The summed E-state index contributed by atoms with van der Waals surface area (Å²) in [7, 11) is -3.36. The minimum Gasteiger partial charge on any atom is -0.379 e. The second-order valence-corrected chi connectivity index (χ2v) is 9.77. The summed E-state index contributed by atoms with van der Waals surface area (Å²) in [6.07, 6.45) is 4.47. The number of fused-ring (bicyclic) bond motifs is 1. The summed E-state index contributed by atoms with van der Waals surface area (Å²) in [5.41, 5.74) is 1.72. The zero-order chi connectivity index (χ0) is 20.7. The predicted molar refractivity (Wildman–Crippen MR) is 116 cm³/mol. The highest BCUT2D eigenvalue weighted by Gasteiger charge is 2.17. The van der Waals surface area contributed by atoms with Crippen LogP contribution >= 0.6 is 0 Å². The molecule has 160 valence electrons. The summed E-state index contributed by atoms with van der Waals surface area (Å²) in [6.45, 7) is 7.42. The molecule has 0 radical (unpaired) electrons. The number of carbonyl (C=O) groups is 1. The zero-order valence-electron chi connectivity index (χ0n) is 17.1. The number of unbranched alkanes of at least 4 members (excludes halogenated alkanes) is 2. The maximum atomic E-state index is 12.2. The van der Waals surface area contributed by atoms with Gasteiger partial charge >= 0.3 is 0 Å². The molecule has 1 amide bonds. The van der Waals surface area contributed by atoms with Crippen LogP contribution in [0.4, 0.5) is 5.69 Å². The summed E-state index contributed by atoms with van der Waals surface area (Å²) in [5.74, 6) is -0.873. The van der Waals surface area contributed by atoms with Gasteiger partial charge in [-0.25, -0.2) is 8.42 Å². The van der Waals surface area contributed by atoms with E-state index in [9.17, 15) is 13.2 Å². The predicted octanol–water partition coefficient (Wildman–Crippen LogP) is 2.52. The Kier molecular flexibility index (Phi) is 7.69. The fourth-order valence-corrected chi connectivity index (χ4v) is 4.85. The SMILES string of the molecule is CCCCCS(=O)(=O)CC(=O)Nc1ccc2c(ccn2CCN2CCOCC2)c1. The van der Waals surface area contributed by atoms with E-state index in [2.05, 4.69) is 21.0 Å². The van der Waals surface area contributed by atoms with Crippen LogP contribution in [0, 0.1) is 0 Å². The van der Waals surface area contributed by atoms with Gasteiger partial charge in [0.2, 0.25) is 5.91 Å². The van der Waals surface area contributed by atoms with Gasteiger partial charge in [0, 0.05) is 49.0 Å². The maximum Gasteiger partial charge on any atom is 0.239 e. The summed E-state index contributed by atoms with van der Waals surface area (Å²) >= 11 is 0. The van der Waals surface area contributed by atoms with Crippen LogP contribution in [-0.4, -0.2) is 68.1 Å². The van der Waals surface area contributed by atoms with Gasteiger partial charge in [-0.05, 0) is 30.7 Å². The number of nitrogens with zero attached hydrogens (tertiary/aromatic N) is 2. The molecular formula is C21H31N3O4S. The van der Waals surface area contributed by atoms with Crippen molar-refractivity contribution in [3.63, 3.8) is 0 Å². The number of anilines is 1. The number of hydrogen-bond acceptors (Lipinski definition) is 5. The number of amides is 1. The molecule has 0 bridgehead atoms. The molecule has 1 N–H and O–H groups in total. The molecule has 0 saturated carbocycles. The molecule has 2 aromatic rings. The molecule has 29 heavy (non-hydrogen) atoms. The van der Waals surface area contributed by atoms with E-state index in [-0.39, 0.29) is 5.75 Å². The minimum atomic E-state index is -3.36. The van der Waals surface area contributed by atoms with E-state index in [1.807, 2.05) is 31.2 Å². The second-order valence-electron chi connectivity index (χ2n) is 7.58. The van der Waals surface area contributed by atoms with Crippen LogP contribution in [0.1, 0.15) is 26.2 Å². The van der Waals surface area contributed by atoms with Crippen molar-refractivity contribution >= 4 is 32.3 Å². The van der Waals surface area contributed by atoms with E-state index in [0.29, 0.717) is 12.1 Å². The molecule has 1 fully saturated rings. The average Bonchev–Trinajstić information content (AvgIpc) is 3.09. The van der Waals surface area contributed by atoms with E-state index >= 15 is 0 Å². The average molecular weight is 422 g/mol. The first-order valence-electron chi connectivity index (χ1n) is 10.4. The van der Waals surface area contributed by atoms with Crippen molar-refractivity contribution in [2.75, 3.05) is 49.7 Å². The van der Waals surface area contributed by atoms with Gasteiger partial charge < -0.3 is 14.6 Å². The molecule has 1 aliphatic heterocycles. The molecule has 8 heteroatoms. The molecular weight excluding hydrogens is 390 g/mol. The molecule has 1 aromatic carbocycles. The van der Waals surface area contributed by atoms with E-state index < -0.39 is 21.5 Å². The smallest absolute Gasteiger partial charge is 0.239 e. The number of nitrogens with one attached hydrogen (secondary N) is 1.